The number of rotatable bonds is 7. The third-order valence-corrected chi connectivity index (χ3v) is 2.93. The van der Waals surface area contributed by atoms with Gasteiger partial charge in [0.1, 0.15) is 0 Å². The Labute approximate surface area is 125 Å². The summed E-state index contributed by atoms with van der Waals surface area (Å²) in [4.78, 5) is 13.7. The zero-order valence-electron chi connectivity index (χ0n) is 12.7. The smallest absolute Gasteiger partial charge is 0.275 e. The van der Waals surface area contributed by atoms with Crippen molar-refractivity contribution in [2.24, 2.45) is 0 Å². The summed E-state index contributed by atoms with van der Waals surface area (Å²) >= 11 is 0. The van der Waals surface area contributed by atoms with Crippen molar-refractivity contribution in [3.05, 3.63) is 48.1 Å². The van der Waals surface area contributed by atoms with E-state index in [2.05, 4.69) is 0 Å². The lowest BCUT2D eigenvalue weighted by Gasteiger charge is -2.13. The van der Waals surface area contributed by atoms with Crippen molar-refractivity contribution in [2.45, 2.75) is 6.42 Å². The van der Waals surface area contributed by atoms with Crippen LogP contribution < -0.4 is 10.4 Å². The van der Waals surface area contributed by atoms with E-state index in [1.807, 2.05) is 49.3 Å². The van der Waals surface area contributed by atoms with E-state index in [0.717, 1.165) is 17.7 Å². The maximum absolute atomic E-state index is 11.8. The van der Waals surface area contributed by atoms with Gasteiger partial charge in [0.2, 0.25) is 0 Å². The second-order valence-electron chi connectivity index (χ2n) is 4.67. The standard InChI is InChI=1S/C16H22N2O3/c1-18(2)14-10-8-13(9-11-14)15(16(19)17-20)7-5-4-6-12-21-3/h4-5,7-11,20H,6,12H2,1-3H3,(H,17,19)/b5-4+,15-7+. The van der Waals surface area contributed by atoms with Crippen LogP contribution in [0.15, 0.2) is 42.5 Å². The number of amides is 1. The van der Waals surface area contributed by atoms with Crippen molar-refractivity contribution in [2.75, 3.05) is 32.7 Å². The molecule has 0 saturated carbocycles. The molecule has 0 bridgehead atoms. The first kappa shape index (κ1) is 16.9. The molecule has 0 unspecified atom stereocenters. The fourth-order valence-electron chi connectivity index (χ4n) is 1.75. The van der Waals surface area contributed by atoms with Gasteiger partial charge in [-0.1, -0.05) is 24.3 Å². The summed E-state index contributed by atoms with van der Waals surface area (Å²) in [6.45, 7) is 0.628. The molecule has 0 aliphatic rings. The van der Waals surface area contributed by atoms with Crippen LogP contribution in [0, 0.1) is 0 Å². The van der Waals surface area contributed by atoms with Gasteiger partial charge in [0.15, 0.2) is 0 Å². The van der Waals surface area contributed by atoms with Crippen LogP contribution in [0.25, 0.3) is 5.57 Å². The van der Waals surface area contributed by atoms with Crippen molar-refractivity contribution < 1.29 is 14.7 Å². The number of hydrogen-bond acceptors (Lipinski definition) is 4. The number of carbonyl (C=O) groups excluding carboxylic acids is 1. The minimum absolute atomic E-state index is 0.400. The molecular weight excluding hydrogens is 268 g/mol. The molecule has 2 N–H and O–H groups in total. The van der Waals surface area contributed by atoms with Crippen molar-refractivity contribution in [1.29, 1.82) is 0 Å². The Hall–Kier alpha value is -2.11. The molecule has 0 radical (unpaired) electrons. The zero-order chi connectivity index (χ0) is 15.7. The van der Waals surface area contributed by atoms with Gasteiger partial charge in [0, 0.05) is 39.1 Å². The number of nitrogens with one attached hydrogen (secondary N) is 1. The van der Waals surface area contributed by atoms with E-state index in [0.29, 0.717) is 12.2 Å². The maximum Gasteiger partial charge on any atom is 0.275 e. The number of ether oxygens (including phenoxy) is 1. The lowest BCUT2D eigenvalue weighted by molar-refractivity contribution is -0.123. The summed E-state index contributed by atoms with van der Waals surface area (Å²) in [7, 11) is 5.54. The van der Waals surface area contributed by atoms with Crippen molar-refractivity contribution in [3.8, 4) is 0 Å². The van der Waals surface area contributed by atoms with Gasteiger partial charge >= 0.3 is 0 Å². The number of anilines is 1. The number of benzene rings is 1. The molecular formula is C16H22N2O3. The average molecular weight is 290 g/mol. The molecule has 5 heteroatoms. The first-order valence-corrected chi connectivity index (χ1v) is 6.68. The van der Waals surface area contributed by atoms with Gasteiger partial charge in [-0.05, 0) is 30.2 Å². The summed E-state index contributed by atoms with van der Waals surface area (Å²) in [5.41, 5.74) is 3.86. The van der Waals surface area contributed by atoms with Crippen molar-refractivity contribution in [3.63, 3.8) is 0 Å². The van der Waals surface area contributed by atoms with E-state index in [1.165, 1.54) is 0 Å². The molecule has 1 aromatic carbocycles. The number of allylic oxidation sites excluding steroid dienone is 2. The summed E-state index contributed by atoms with van der Waals surface area (Å²) in [6, 6.07) is 7.53. The molecule has 0 aliphatic carbocycles. The number of hydroxylamine groups is 1. The Morgan fingerprint density at radius 2 is 2.00 bits per heavy atom. The molecule has 0 spiro atoms. The molecule has 1 amide bonds. The SMILES string of the molecule is COCC/C=C/C=C(/C(=O)NO)c1ccc(N(C)C)cc1. The lowest BCUT2D eigenvalue weighted by Crippen LogP contribution is -2.20. The molecule has 1 aromatic rings. The number of hydrogen-bond donors (Lipinski definition) is 2. The Morgan fingerprint density at radius 3 is 2.52 bits per heavy atom. The second-order valence-corrected chi connectivity index (χ2v) is 4.67. The molecule has 0 atom stereocenters. The van der Waals surface area contributed by atoms with Gasteiger partial charge < -0.3 is 9.64 Å². The monoisotopic (exact) mass is 290 g/mol. The number of carbonyl (C=O) groups is 1. The van der Waals surface area contributed by atoms with E-state index in [-0.39, 0.29) is 0 Å². The molecule has 5 nitrogen and oxygen atoms in total. The van der Waals surface area contributed by atoms with Crippen molar-refractivity contribution in [1.82, 2.24) is 5.48 Å². The number of nitrogens with zero attached hydrogens (tertiary/aromatic N) is 1. The first-order chi connectivity index (χ1) is 10.1. The van der Waals surface area contributed by atoms with Gasteiger partial charge in [-0.15, -0.1) is 0 Å². The Morgan fingerprint density at radius 1 is 1.33 bits per heavy atom. The average Bonchev–Trinajstić information content (AvgIpc) is 2.50. The van der Waals surface area contributed by atoms with Crippen LogP contribution in [0.2, 0.25) is 0 Å². The topological polar surface area (TPSA) is 61.8 Å². The van der Waals surface area contributed by atoms with Gasteiger partial charge in [-0.25, -0.2) is 5.48 Å². The fourth-order valence-corrected chi connectivity index (χ4v) is 1.75. The van der Waals surface area contributed by atoms with Crippen LogP contribution in [0.4, 0.5) is 5.69 Å². The minimum Gasteiger partial charge on any atom is -0.384 e. The minimum atomic E-state index is -0.538. The normalized spacial score (nSPS) is 11.7. The third kappa shape index (κ3) is 5.41. The van der Waals surface area contributed by atoms with Crippen LogP contribution in [0.3, 0.4) is 0 Å². The van der Waals surface area contributed by atoms with E-state index in [1.54, 1.807) is 24.7 Å². The summed E-state index contributed by atoms with van der Waals surface area (Å²) in [5.74, 6) is -0.538. The Bertz CT molecular complexity index is 505. The van der Waals surface area contributed by atoms with E-state index in [4.69, 9.17) is 9.94 Å². The predicted octanol–water partition coefficient (Wildman–Crippen LogP) is 2.23. The third-order valence-electron chi connectivity index (χ3n) is 2.93. The van der Waals surface area contributed by atoms with Crippen molar-refractivity contribution >= 4 is 17.2 Å². The van der Waals surface area contributed by atoms with Crippen LogP contribution in [0.5, 0.6) is 0 Å². The van der Waals surface area contributed by atoms with Gasteiger partial charge in [-0.3, -0.25) is 10.0 Å². The highest BCUT2D eigenvalue weighted by Gasteiger charge is 2.10. The second kappa shape index (κ2) is 8.94. The van der Waals surface area contributed by atoms with E-state index >= 15 is 0 Å². The van der Waals surface area contributed by atoms with Crippen LogP contribution in [-0.2, 0) is 9.53 Å². The highest BCUT2D eigenvalue weighted by atomic mass is 16.5. The molecule has 21 heavy (non-hydrogen) atoms. The lowest BCUT2D eigenvalue weighted by atomic mass is 10.0. The van der Waals surface area contributed by atoms with E-state index < -0.39 is 5.91 Å². The molecule has 0 aliphatic heterocycles. The van der Waals surface area contributed by atoms with Crippen LogP contribution in [-0.4, -0.2) is 38.9 Å². The highest BCUT2D eigenvalue weighted by Crippen LogP contribution is 2.19. The molecule has 114 valence electrons. The molecule has 0 aromatic heterocycles. The van der Waals surface area contributed by atoms with E-state index in [9.17, 15) is 4.79 Å². The van der Waals surface area contributed by atoms with Gasteiger partial charge in [-0.2, -0.15) is 0 Å². The van der Waals surface area contributed by atoms with Gasteiger partial charge in [0.25, 0.3) is 5.91 Å². The molecule has 0 saturated heterocycles. The summed E-state index contributed by atoms with van der Waals surface area (Å²) < 4.78 is 4.94. The van der Waals surface area contributed by atoms with Gasteiger partial charge in [0.05, 0.1) is 0 Å². The highest BCUT2D eigenvalue weighted by molar-refractivity contribution is 6.19. The molecule has 0 heterocycles. The molecule has 0 fully saturated rings. The Balaban J connectivity index is 2.94. The largest absolute Gasteiger partial charge is 0.384 e. The van der Waals surface area contributed by atoms with Crippen LogP contribution >= 0.6 is 0 Å². The Kier molecular flexibility index (Phi) is 7.21. The maximum atomic E-state index is 11.8. The number of methoxy groups -OCH3 is 1. The predicted molar refractivity (Wildman–Crippen MR) is 84.3 cm³/mol. The van der Waals surface area contributed by atoms with Crippen LogP contribution in [0.1, 0.15) is 12.0 Å². The quantitative estimate of drug-likeness (QED) is 0.266. The summed E-state index contributed by atoms with van der Waals surface area (Å²) in [6.07, 6.45) is 6.12. The fraction of sp³-hybridized carbons (Fsp3) is 0.312. The summed E-state index contributed by atoms with van der Waals surface area (Å²) in [5, 5.41) is 8.86. The zero-order valence-corrected chi connectivity index (χ0v) is 12.7. The first-order valence-electron chi connectivity index (χ1n) is 6.68. The molecule has 1 rings (SSSR count).